The Hall–Kier alpha value is -2.28. The van der Waals surface area contributed by atoms with E-state index < -0.39 is 18.0 Å². The minimum atomic E-state index is -1.08. The Morgan fingerprint density at radius 2 is 1.91 bits per heavy atom. The zero-order valence-corrected chi connectivity index (χ0v) is 19.6. The lowest BCUT2D eigenvalue weighted by Gasteiger charge is -2.60. The first-order valence-electron chi connectivity index (χ1n) is 12.0. The number of rotatable bonds is 6. The Balaban J connectivity index is 1.51. The van der Waals surface area contributed by atoms with Crippen molar-refractivity contribution < 1.29 is 34.1 Å². The summed E-state index contributed by atoms with van der Waals surface area (Å²) in [6.45, 7) is 6.04. The van der Waals surface area contributed by atoms with E-state index in [1.54, 1.807) is 12.2 Å². The van der Waals surface area contributed by atoms with Gasteiger partial charge in [0.05, 0.1) is 18.9 Å². The Morgan fingerprint density at radius 1 is 1.18 bits per heavy atom. The van der Waals surface area contributed by atoms with E-state index in [0.717, 1.165) is 18.4 Å². The van der Waals surface area contributed by atoms with Crippen molar-refractivity contribution in [2.75, 3.05) is 6.61 Å². The highest BCUT2D eigenvalue weighted by molar-refractivity contribution is 6.01. The molecule has 33 heavy (non-hydrogen) atoms. The van der Waals surface area contributed by atoms with Crippen molar-refractivity contribution >= 4 is 23.5 Å². The number of allylic oxidation sites excluding steroid dienone is 4. The normalized spacial score (nSPS) is 41.5. The van der Waals surface area contributed by atoms with Gasteiger partial charge in [0, 0.05) is 17.3 Å². The predicted octanol–water partition coefficient (Wildman–Crippen LogP) is 3.10. The minimum absolute atomic E-state index is 0.00470. The first-order chi connectivity index (χ1) is 15.5. The van der Waals surface area contributed by atoms with Gasteiger partial charge in [-0.25, -0.2) is 0 Å². The largest absolute Gasteiger partial charge is 0.481 e. The van der Waals surface area contributed by atoms with E-state index in [1.165, 1.54) is 0 Å². The minimum Gasteiger partial charge on any atom is -0.481 e. The molecule has 4 aliphatic rings. The topological polar surface area (TPSA) is 118 Å². The summed E-state index contributed by atoms with van der Waals surface area (Å²) in [4.78, 5) is 47.5. The monoisotopic (exact) mass is 458 g/mol. The van der Waals surface area contributed by atoms with Gasteiger partial charge in [0.1, 0.15) is 6.61 Å². The van der Waals surface area contributed by atoms with Gasteiger partial charge in [0.2, 0.25) is 0 Å². The summed E-state index contributed by atoms with van der Waals surface area (Å²) in [7, 11) is 0. The number of ether oxygens (including phenoxy) is 1. The van der Waals surface area contributed by atoms with E-state index in [2.05, 4.69) is 20.8 Å². The molecule has 180 valence electrons. The van der Waals surface area contributed by atoms with Gasteiger partial charge in [-0.1, -0.05) is 32.4 Å². The molecule has 0 heterocycles. The second kappa shape index (κ2) is 8.49. The molecule has 8 atom stereocenters. The van der Waals surface area contributed by atoms with Crippen LogP contribution in [0.15, 0.2) is 23.8 Å². The highest BCUT2D eigenvalue weighted by Gasteiger charge is 2.63. The Morgan fingerprint density at radius 3 is 2.61 bits per heavy atom. The Labute approximate surface area is 194 Å². The van der Waals surface area contributed by atoms with Crippen LogP contribution in [0.2, 0.25) is 0 Å². The first-order valence-corrected chi connectivity index (χ1v) is 12.0. The lowest BCUT2D eigenvalue weighted by atomic mass is 9.45. The fourth-order valence-corrected chi connectivity index (χ4v) is 7.81. The van der Waals surface area contributed by atoms with Crippen molar-refractivity contribution in [3.63, 3.8) is 0 Å². The van der Waals surface area contributed by atoms with E-state index in [4.69, 9.17) is 9.84 Å². The summed E-state index contributed by atoms with van der Waals surface area (Å²) in [5.41, 5.74) is 0.368. The number of carboxylic acids is 1. The summed E-state index contributed by atoms with van der Waals surface area (Å²) in [6, 6.07) is 0. The number of esters is 1. The van der Waals surface area contributed by atoms with Gasteiger partial charge in [-0.15, -0.1) is 0 Å². The standard InChI is InChI=1S/C26H34O7/c1-14-10-16-17-4-5-18(21(29)13-33-23(32)7-6-22(30)31)26(17,3)12-20(28)24(16)25(2)9-8-15(27)11-19(14)25/h8-9,11,14,16-18,20,24,28H,4-7,10,12-13H2,1-3H3,(H,30,31)/t14-,16?,17?,18?,20?,24+,25?,26?/m0/s1. The maximum atomic E-state index is 13.1. The third-order valence-electron chi connectivity index (χ3n) is 9.12. The van der Waals surface area contributed by atoms with E-state index >= 15 is 0 Å². The fourth-order valence-electron chi connectivity index (χ4n) is 7.81. The molecule has 3 saturated carbocycles. The number of hydrogen-bond acceptors (Lipinski definition) is 6. The Bertz CT molecular complexity index is 933. The molecule has 0 spiro atoms. The van der Waals surface area contributed by atoms with Crippen molar-refractivity contribution in [3.8, 4) is 0 Å². The molecule has 0 radical (unpaired) electrons. The molecule has 4 aliphatic carbocycles. The molecule has 0 aliphatic heterocycles. The molecule has 0 aromatic carbocycles. The summed E-state index contributed by atoms with van der Waals surface area (Å²) in [6.07, 6.45) is 7.16. The number of carboxylic acid groups (broad SMARTS) is 1. The van der Waals surface area contributed by atoms with Crippen LogP contribution in [0.1, 0.15) is 59.3 Å². The van der Waals surface area contributed by atoms with Crippen LogP contribution in [-0.2, 0) is 23.9 Å². The molecule has 4 rings (SSSR count). The van der Waals surface area contributed by atoms with Crippen molar-refractivity contribution in [2.24, 2.45) is 40.4 Å². The maximum absolute atomic E-state index is 13.1. The van der Waals surface area contributed by atoms with Gasteiger partial charge >= 0.3 is 11.9 Å². The number of carbonyl (C=O) groups is 4. The van der Waals surface area contributed by atoms with Crippen LogP contribution in [0.4, 0.5) is 0 Å². The van der Waals surface area contributed by atoms with E-state index in [0.29, 0.717) is 12.8 Å². The summed E-state index contributed by atoms with van der Waals surface area (Å²) >= 11 is 0. The number of aliphatic carboxylic acids is 1. The fraction of sp³-hybridized carbons (Fsp3) is 0.692. The SMILES string of the molecule is C[C@H]1CC2C3CCC(C(=O)COC(=O)CCC(=O)O)C3(C)CC(O)[C@@H]2C2(C)C=CC(=O)C=C12. The van der Waals surface area contributed by atoms with E-state index in [9.17, 15) is 24.3 Å². The van der Waals surface area contributed by atoms with Crippen molar-refractivity contribution in [1.82, 2.24) is 0 Å². The van der Waals surface area contributed by atoms with E-state index in [-0.39, 0.29) is 71.4 Å². The smallest absolute Gasteiger partial charge is 0.306 e. The molecule has 0 bridgehead atoms. The number of aliphatic hydroxyl groups is 1. The second-order valence-corrected chi connectivity index (χ2v) is 11.0. The molecule has 7 nitrogen and oxygen atoms in total. The van der Waals surface area contributed by atoms with E-state index in [1.807, 2.05) is 6.08 Å². The van der Waals surface area contributed by atoms with Crippen LogP contribution in [0.25, 0.3) is 0 Å². The molecule has 0 aromatic heterocycles. The van der Waals surface area contributed by atoms with Gasteiger partial charge in [0.25, 0.3) is 0 Å². The first kappa shape index (κ1) is 23.9. The zero-order chi connectivity index (χ0) is 24.1. The second-order valence-electron chi connectivity index (χ2n) is 11.0. The maximum Gasteiger partial charge on any atom is 0.306 e. The summed E-state index contributed by atoms with van der Waals surface area (Å²) in [5, 5.41) is 20.1. The molecule has 0 amide bonds. The molecule has 0 aromatic rings. The van der Waals surface area contributed by atoms with Crippen LogP contribution in [0.5, 0.6) is 0 Å². The van der Waals surface area contributed by atoms with Crippen LogP contribution in [0.3, 0.4) is 0 Å². The third-order valence-corrected chi connectivity index (χ3v) is 9.12. The molecular weight excluding hydrogens is 424 g/mol. The number of fused-ring (bicyclic) bond motifs is 5. The number of ketones is 2. The van der Waals surface area contributed by atoms with Gasteiger partial charge in [-0.3, -0.25) is 19.2 Å². The number of aliphatic hydroxyl groups excluding tert-OH is 1. The average Bonchev–Trinajstić information content (AvgIpc) is 3.08. The number of hydrogen-bond donors (Lipinski definition) is 2. The molecule has 6 unspecified atom stereocenters. The molecular formula is C26H34O7. The predicted molar refractivity (Wildman–Crippen MR) is 119 cm³/mol. The number of Topliss-reactive ketones (excluding diaryl/α,β-unsaturated/α-hetero) is 1. The lowest BCUT2D eigenvalue weighted by molar-refractivity contribution is -0.155. The molecule has 3 fully saturated rings. The van der Waals surface area contributed by atoms with Crippen LogP contribution < -0.4 is 0 Å². The Kier molecular flexibility index (Phi) is 6.14. The van der Waals surface area contributed by atoms with Crippen LogP contribution in [0, 0.1) is 40.4 Å². The number of carbonyl (C=O) groups excluding carboxylic acids is 3. The van der Waals surface area contributed by atoms with Crippen molar-refractivity contribution in [3.05, 3.63) is 23.8 Å². The van der Waals surface area contributed by atoms with Crippen LogP contribution in [-0.4, -0.2) is 46.4 Å². The lowest BCUT2D eigenvalue weighted by Crippen LogP contribution is -2.57. The summed E-state index contributed by atoms with van der Waals surface area (Å²) in [5.74, 6) is -1.45. The molecule has 0 saturated heterocycles. The average molecular weight is 459 g/mol. The summed E-state index contributed by atoms with van der Waals surface area (Å²) < 4.78 is 5.08. The third kappa shape index (κ3) is 3.98. The van der Waals surface area contributed by atoms with Gasteiger partial charge < -0.3 is 14.9 Å². The highest BCUT2D eigenvalue weighted by atomic mass is 16.5. The zero-order valence-electron chi connectivity index (χ0n) is 19.6. The van der Waals surface area contributed by atoms with Gasteiger partial charge in [-0.05, 0) is 61.0 Å². The van der Waals surface area contributed by atoms with Crippen LogP contribution >= 0.6 is 0 Å². The quantitative estimate of drug-likeness (QED) is 0.587. The molecule has 7 heteroatoms. The van der Waals surface area contributed by atoms with Gasteiger partial charge in [0.15, 0.2) is 11.6 Å². The highest BCUT2D eigenvalue weighted by Crippen LogP contribution is 2.66. The van der Waals surface area contributed by atoms with Crippen molar-refractivity contribution in [1.29, 1.82) is 0 Å². The van der Waals surface area contributed by atoms with Gasteiger partial charge in [-0.2, -0.15) is 0 Å². The van der Waals surface area contributed by atoms with Crippen molar-refractivity contribution in [2.45, 2.75) is 65.4 Å². The molecule has 2 N–H and O–H groups in total.